The van der Waals surface area contributed by atoms with Crippen LogP contribution in [0.4, 0.5) is 13.2 Å². The Morgan fingerprint density at radius 2 is 1.75 bits per heavy atom. The van der Waals surface area contributed by atoms with Gasteiger partial charge < -0.3 is 20.1 Å². The lowest BCUT2D eigenvalue weighted by Crippen LogP contribution is -2.42. The van der Waals surface area contributed by atoms with Gasteiger partial charge in [-0.3, -0.25) is 14.6 Å². The zero-order valence-electron chi connectivity index (χ0n) is 19.2. The van der Waals surface area contributed by atoms with E-state index in [9.17, 15) is 22.8 Å². The molecule has 0 aliphatic carbocycles. The van der Waals surface area contributed by atoms with Gasteiger partial charge in [0.25, 0.3) is 5.91 Å². The molecule has 2 N–H and O–H groups in total. The first-order valence-corrected chi connectivity index (χ1v) is 11.3. The van der Waals surface area contributed by atoms with Gasteiger partial charge in [0.2, 0.25) is 5.91 Å². The minimum atomic E-state index is -4.76. The van der Waals surface area contributed by atoms with Gasteiger partial charge in [-0.2, -0.15) is 0 Å². The molecule has 2 amide bonds. The van der Waals surface area contributed by atoms with E-state index >= 15 is 0 Å². The van der Waals surface area contributed by atoms with Gasteiger partial charge in [0.15, 0.2) is 0 Å². The van der Waals surface area contributed by atoms with E-state index in [4.69, 9.17) is 10.5 Å². The van der Waals surface area contributed by atoms with Crippen LogP contribution in [0.5, 0.6) is 11.5 Å². The molecule has 188 valence electrons. The summed E-state index contributed by atoms with van der Waals surface area (Å²) in [7, 11) is 0. The third-order valence-electron chi connectivity index (χ3n) is 5.84. The summed E-state index contributed by atoms with van der Waals surface area (Å²) in [5, 5.41) is 0. The second-order valence-electron chi connectivity index (χ2n) is 8.38. The molecule has 0 unspecified atom stereocenters. The standard InChI is InChI=1S/C26H24F3N3O4/c27-26(28,29)36-21-6-3-17(4-7-21)14-24(33)32-12-9-20(10-13-32)35-23-8-5-18(15-22(23)25(30)34)19-2-1-11-31-16-19/h1-8,11,15-16,20H,9-10,12-14H2,(H2,30,34). The topological polar surface area (TPSA) is 94.8 Å². The van der Waals surface area contributed by atoms with Crippen molar-refractivity contribution in [3.05, 3.63) is 78.1 Å². The van der Waals surface area contributed by atoms with Crippen LogP contribution in [0, 0.1) is 0 Å². The van der Waals surface area contributed by atoms with Crippen LogP contribution in [0.3, 0.4) is 0 Å². The summed E-state index contributed by atoms with van der Waals surface area (Å²) >= 11 is 0. The smallest absolute Gasteiger partial charge is 0.489 e. The summed E-state index contributed by atoms with van der Waals surface area (Å²) < 4.78 is 46.8. The van der Waals surface area contributed by atoms with Crippen LogP contribution in [0.25, 0.3) is 11.1 Å². The van der Waals surface area contributed by atoms with Crippen LogP contribution in [0.15, 0.2) is 67.0 Å². The highest BCUT2D eigenvalue weighted by Gasteiger charge is 2.31. The van der Waals surface area contributed by atoms with Crippen molar-refractivity contribution in [2.24, 2.45) is 5.73 Å². The van der Waals surface area contributed by atoms with Gasteiger partial charge in [-0.1, -0.05) is 24.3 Å². The summed E-state index contributed by atoms with van der Waals surface area (Å²) in [6.45, 7) is 0.914. The molecular formula is C26H24F3N3O4. The van der Waals surface area contributed by atoms with Gasteiger partial charge in [-0.25, -0.2) is 0 Å². The van der Waals surface area contributed by atoms with E-state index < -0.39 is 12.3 Å². The minimum absolute atomic E-state index is 0.0689. The van der Waals surface area contributed by atoms with Crippen molar-refractivity contribution in [1.82, 2.24) is 9.88 Å². The molecule has 36 heavy (non-hydrogen) atoms. The number of pyridine rings is 1. The van der Waals surface area contributed by atoms with E-state index in [0.29, 0.717) is 37.2 Å². The Morgan fingerprint density at radius 1 is 1.03 bits per heavy atom. The number of rotatable bonds is 7. The van der Waals surface area contributed by atoms with E-state index in [1.165, 1.54) is 24.3 Å². The Bertz CT molecular complexity index is 1210. The lowest BCUT2D eigenvalue weighted by molar-refractivity contribution is -0.274. The van der Waals surface area contributed by atoms with Crippen molar-refractivity contribution in [3.63, 3.8) is 0 Å². The van der Waals surface area contributed by atoms with Crippen LogP contribution in [-0.4, -0.2) is 47.3 Å². The van der Waals surface area contributed by atoms with E-state index in [0.717, 1.165) is 11.1 Å². The summed E-state index contributed by atoms with van der Waals surface area (Å²) in [6, 6.07) is 14.2. The number of primary amides is 1. The van der Waals surface area contributed by atoms with Crippen LogP contribution < -0.4 is 15.2 Å². The molecule has 0 spiro atoms. The number of likely N-dealkylation sites (tertiary alicyclic amines) is 1. The van der Waals surface area contributed by atoms with Crippen LogP contribution in [0.2, 0.25) is 0 Å². The Hall–Kier alpha value is -4.08. The fraction of sp³-hybridized carbons (Fsp3) is 0.269. The third kappa shape index (κ3) is 6.53. The predicted molar refractivity (Wildman–Crippen MR) is 125 cm³/mol. The van der Waals surface area contributed by atoms with E-state index in [1.807, 2.05) is 12.1 Å². The zero-order valence-corrected chi connectivity index (χ0v) is 19.2. The van der Waals surface area contributed by atoms with Crippen molar-refractivity contribution in [1.29, 1.82) is 0 Å². The SMILES string of the molecule is NC(=O)c1cc(-c2cccnc2)ccc1OC1CCN(C(=O)Cc2ccc(OC(F)(F)F)cc2)CC1. The maximum absolute atomic E-state index is 12.7. The van der Waals surface area contributed by atoms with Crippen LogP contribution in [0.1, 0.15) is 28.8 Å². The van der Waals surface area contributed by atoms with Crippen LogP contribution in [-0.2, 0) is 11.2 Å². The van der Waals surface area contributed by atoms with Gasteiger partial charge in [0.1, 0.15) is 17.6 Å². The molecule has 1 fully saturated rings. The second kappa shape index (κ2) is 10.7. The molecule has 10 heteroatoms. The number of aromatic nitrogens is 1. The number of halogens is 3. The molecule has 3 aromatic rings. The Morgan fingerprint density at radius 3 is 2.36 bits per heavy atom. The van der Waals surface area contributed by atoms with Gasteiger partial charge in [-0.15, -0.1) is 13.2 Å². The highest BCUT2D eigenvalue weighted by Crippen LogP contribution is 2.29. The Labute approximate surface area is 205 Å². The van der Waals surface area contributed by atoms with Crippen molar-refractivity contribution in [3.8, 4) is 22.6 Å². The molecule has 1 aliphatic heterocycles. The van der Waals surface area contributed by atoms with Crippen molar-refractivity contribution in [2.45, 2.75) is 31.7 Å². The second-order valence-corrected chi connectivity index (χ2v) is 8.38. The van der Waals surface area contributed by atoms with E-state index in [1.54, 1.807) is 35.5 Å². The quantitative estimate of drug-likeness (QED) is 0.521. The molecule has 7 nitrogen and oxygen atoms in total. The number of benzene rings is 2. The largest absolute Gasteiger partial charge is 0.573 e. The number of nitrogens with two attached hydrogens (primary N) is 1. The first kappa shape index (κ1) is 25.0. The molecule has 1 aliphatic rings. The molecule has 4 rings (SSSR count). The van der Waals surface area contributed by atoms with Crippen molar-refractivity contribution < 1.29 is 32.2 Å². The Kier molecular flexibility index (Phi) is 7.42. The van der Waals surface area contributed by atoms with Gasteiger partial charge in [-0.05, 0) is 41.5 Å². The third-order valence-corrected chi connectivity index (χ3v) is 5.84. The zero-order chi connectivity index (χ0) is 25.7. The number of carbonyl (C=O) groups excluding carboxylic acids is 2. The number of alkyl halides is 3. The first-order chi connectivity index (χ1) is 17.2. The number of piperidine rings is 1. The summed E-state index contributed by atoms with van der Waals surface area (Å²) in [5.41, 5.74) is 8.09. The molecule has 1 aromatic heterocycles. The number of nitrogens with zero attached hydrogens (tertiary/aromatic N) is 2. The molecule has 0 saturated carbocycles. The van der Waals surface area contributed by atoms with E-state index in [2.05, 4.69) is 9.72 Å². The number of ether oxygens (including phenoxy) is 2. The lowest BCUT2D eigenvalue weighted by atomic mass is 10.0. The van der Waals surface area contributed by atoms with Crippen molar-refractivity contribution in [2.75, 3.05) is 13.1 Å². The number of amides is 2. The van der Waals surface area contributed by atoms with Crippen LogP contribution >= 0.6 is 0 Å². The molecule has 2 heterocycles. The summed E-state index contributed by atoms with van der Waals surface area (Å²) in [6.07, 6.45) is -0.411. The first-order valence-electron chi connectivity index (χ1n) is 11.3. The normalized spacial score (nSPS) is 14.4. The lowest BCUT2D eigenvalue weighted by Gasteiger charge is -2.32. The van der Waals surface area contributed by atoms with E-state index in [-0.39, 0.29) is 29.7 Å². The fourth-order valence-electron chi connectivity index (χ4n) is 4.04. The monoisotopic (exact) mass is 499 g/mol. The van der Waals surface area contributed by atoms with Gasteiger partial charge in [0, 0.05) is 43.9 Å². The summed E-state index contributed by atoms with van der Waals surface area (Å²) in [4.78, 5) is 30.5. The predicted octanol–water partition coefficient (Wildman–Crippen LogP) is 4.36. The van der Waals surface area contributed by atoms with Crippen molar-refractivity contribution >= 4 is 11.8 Å². The number of hydrogen-bond donors (Lipinski definition) is 1. The average molecular weight is 499 g/mol. The highest BCUT2D eigenvalue weighted by atomic mass is 19.4. The number of hydrogen-bond acceptors (Lipinski definition) is 5. The highest BCUT2D eigenvalue weighted by molar-refractivity contribution is 5.97. The van der Waals surface area contributed by atoms with Gasteiger partial charge in [0.05, 0.1) is 12.0 Å². The average Bonchev–Trinajstić information content (AvgIpc) is 2.85. The summed E-state index contributed by atoms with van der Waals surface area (Å²) in [5.74, 6) is -0.673. The maximum atomic E-state index is 12.7. The molecular weight excluding hydrogens is 475 g/mol. The Balaban J connectivity index is 1.33. The number of carbonyl (C=O) groups is 2. The molecule has 0 atom stereocenters. The fourth-order valence-corrected chi connectivity index (χ4v) is 4.04. The molecule has 0 radical (unpaired) electrons. The van der Waals surface area contributed by atoms with Gasteiger partial charge >= 0.3 is 6.36 Å². The minimum Gasteiger partial charge on any atom is -0.489 e. The molecule has 0 bridgehead atoms. The molecule has 1 saturated heterocycles. The molecule has 2 aromatic carbocycles. The maximum Gasteiger partial charge on any atom is 0.573 e.